The Morgan fingerprint density at radius 1 is 0.722 bits per heavy atom. The molecule has 0 radical (unpaired) electrons. The predicted octanol–water partition coefficient (Wildman–Crippen LogP) is 3.34. The van der Waals surface area contributed by atoms with Crippen LogP contribution < -0.4 is 0 Å². The second-order valence-corrected chi connectivity index (χ2v) is 7.27. The Morgan fingerprint density at radius 2 is 1.28 bits per heavy atom. The van der Waals surface area contributed by atoms with Crippen LogP contribution in [0.1, 0.15) is 70.6 Å². The molecule has 18 heavy (non-hydrogen) atoms. The molecule has 1 N–H and O–H groups in total. The van der Waals surface area contributed by atoms with Crippen molar-refractivity contribution in [3.05, 3.63) is 0 Å². The van der Waals surface area contributed by atoms with Crippen LogP contribution in [0.15, 0.2) is 0 Å². The first-order chi connectivity index (χ1) is 8.70. The summed E-state index contributed by atoms with van der Waals surface area (Å²) >= 11 is 0. The average Bonchev–Trinajstić information content (AvgIpc) is 2.82. The molecule has 1 spiro atoms. The lowest BCUT2D eigenvalue weighted by atomic mass is 9.76. The quantitative estimate of drug-likeness (QED) is 0.813. The van der Waals surface area contributed by atoms with Gasteiger partial charge in [0, 0.05) is 6.54 Å². The highest BCUT2D eigenvalue weighted by molar-refractivity contribution is 4.92. The molecule has 2 nitrogen and oxygen atoms in total. The first-order valence-electron chi connectivity index (χ1n) is 8.15. The Bertz CT molecular complexity index is 267. The van der Waals surface area contributed by atoms with Crippen LogP contribution in [0, 0.1) is 5.41 Å². The molecule has 0 atom stereocenters. The summed E-state index contributed by atoms with van der Waals surface area (Å²) < 4.78 is 0. The van der Waals surface area contributed by atoms with Gasteiger partial charge in [0.05, 0.1) is 5.60 Å². The zero-order valence-electron chi connectivity index (χ0n) is 11.8. The number of hydrogen-bond donors (Lipinski definition) is 1. The molecular weight excluding hydrogens is 222 g/mol. The van der Waals surface area contributed by atoms with E-state index in [1.54, 1.807) is 0 Å². The van der Waals surface area contributed by atoms with E-state index in [1.165, 1.54) is 70.9 Å². The summed E-state index contributed by atoms with van der Waals surface area (Å²) in [5.41, 5.74) is 0.365. The minimum absolute atomic E-state index is 0.349. The first kappa shape index (κ1) is 12.9. The standard InChI is InChI=1S/C16H29NO/c18-16(8-2-1-3-9-16)14-17-12-10-15(11-13-17)6-4-5-7-15/h18H,1-14H2. The summed E-state index contributed by atoms with van der Waals surface area (Å²) in [7, 11) is 0. The maximum Gasteiger partial charge on any atom is 0.0774 e. The fourth-order valence-electron chi connectivity index (χ4n) is 4.59. The lowest BCUT2D eigenvalue weighted by Crippen LogP contribution is -2.48. The minimum Gasteiger partial charge on any atom is -0.389 e. The largest absolute Gasteiger partial charge is 0.389 e. The fourth-order valence-corrected chi connectivity index (χ4v) is 4.59. The fraction of sp³-hybridized carbons (Fsp3) is 1.00. The van der Waals surface area contributed by atoms with Crippen molar-refractivity contribution in [2.45, 2.75) is 76.2 Å². The van der Waals surface area contributed by atoms with Crippen molar-refractivity contribution < 1.29 is 5.11 Å². The number of aliphatic hydroxyl groups is 1. The second-order valence-electron chi connectivity index (χ2n) is 7.27. The second kappa shape index (κ2) is 5.13. The summed E-state index contributed by atoms with van der Waals surface area (Å²) in [6.45, 7) is 3.42. The highest BCUT2D eigenvalue weighted by Crippen LogP contribution is 2.46. The van der Waals surface area contributed by atoms with Gasteiger partial charge < -0.3 is 10.0 Å². The molecule has 104 valence electrons. The van der Waals surface area contributed by atoms with Crippen LogP contribution in [-0.4, -0.2) is 35.2 Å². The van der Waals surface area contributed by atoms with E-state index in [4.69, 9.17) is 0 Å². The first-order valence-corrected chi connectivity index (χ1v) is 8.15. The molecule has 0 aromatic carbocycles. The van der Waals surface area contributed by atoms with Gasteiger partial charge in [0.15, 0.2) is 0 Å². The highest BCUT2D eigenvalue weighted by Gasteiger charge is 2.39. The molecule has 3 rings (SSSR count). The van der Waals surface area contributed by atoms with E-state index in [-0.39, 0.29) is 5.60 Å². The molecule has 0 unspecified atom stereocenters. The third-order valence-electron chi connectivity index (χ3n) is 5.88. The van der Waals surface area contributed by atoms with Crippen LogP contribution >= 0.6 is 0 Å². The maximum absolute atomic E-state index is 10.6. The number of rotatable bonds is 2. The third kappa shape index (κ3) is 2.75. The molecule has 0 aromatic heterocycles. The molecule has 0 amide bonds. The smallest absolute Gasteiger partial charge is 0.0774 e. The number of β-amino-alcohol motifs (C(OH)–C–C–N with tert-alkyl or cyclic N) is 1. The van der Waals surface area contributed by atoms with Gasteiger partial charge in [-0.05, 0) is 57.0 Å². The average molecular weight is 251 g/mol. The molecule has 3 fully saturated rings. The molecule has 2 heteroatoms. The van der Waals surface area contributed by atoms with Crippen molar-refractivity contribution in [2.24, 2.45) is 5.41 Å². The summed E-state index contributed by atoms with van der Waals surface area (Å²) in [5, 5.41) is 10.6. The SMILES string of the molecule is OC1(CN2CCC3(CCCC3)CC2)CCCCC1. The van der Waals surface area contributed by atoms with Crippen LogP contribution in [-0.2, 0) is 0 Å². The molecule has 0 aromatic rings. The molecule has 1 aliphatic heterocycles. The van der Waals surface area contributed by atoms with Gasteiger partial charge in [0.2, 0.25) is 0 Å². The van der Waals surface area contributed by atoms with Crippen molar-refractivity contribution >= 4 is 0 Å². The maximum atomic E-state index is 10.6. The molecule has 1 heterocycles. The van der Waals surface area contributed by atoms with Crippen LogP contribution in [0.2, 0.25) is 0 Å². The molecule has 0 bridgehead atoms. The Kier molecular flexibility index (Phi) is 3.68. The van der Waals surface area contributed by atoms with Crippen LogP contribution in [0.3, 0.4) is 0 Å². The van der Waals surface area contributed by atoms with E-state index < -0.39 is 0 Å². The van der Waals surface area contributed by atoms with E-state index in [0.717, 1.165) is 19.4 Å². The van der Waals surface area contributed by atoms with Crippen LogP contribution in [0.25, 0.3) is 0 Å². The van der Waals surface area contributed by atoms with E-state index in [0.29, 0.717) is 5.41 Å². The Labute approximate surface area is 112 Å². The molecule has 3 aliphatic rings. The summed E-state index contributed by atoms with van der Waals surface area (Å²) in [6, 6.07) is 0. The van der Waals surface area contributed by atoms with Gasteiger partial charge in [-0.1, -0.05) is 32.1 Å². The number of likely N-dealkylation sites (tertiary alicyclic amines) is 1. The van der Waals surface area contributed by atoms with Crippen molar-refractivity contribution in [3.63, 3.8) is 0 Å². The molecular formula is C16H29NO. The zero-order chi connectivity index (χ0) is 12.5. The Balaban J connectivity index is 1.50. The minimum atomic E-state index is -0.349. The van der Waals surface area contributed by atoms with Crippen molar-refractivity contribution in [1.82, 2.24) is 4.90 Å². The van der Waals surface area contributed by atoms with Crippen molar-refractivity contribution in [2.75, 3.05) is 19.6 Å². The Hall–Kier alpha value is -0.0800. The van der Waals surface area contributed by atoms with Gasteiger partial charge in [-0.3, -0.25) is 0 Å². The normalized spacial score (nSPS) is 31.8. The van der Waals surface area contributed by atoms with E-state index in [9.17, 15) is 5.11 Å². The summed E-state index contributed by atoms with van der Waals surface area (Å²) in [4.78, 5) is 2.55. The van der Waals surface area contributed by atoms with Crippen molar-refractivity contribution in [1.29, 1.82) is 0 Å². The van der Waals surface area contributed by atoms with E-state index >= 15 is 0 Å². The zero-order valence-corrected chi connectivity index (χ0v) is 11.8. The molecule has 2 saturated carbocycles. The number of piperidine rings is 1. The lowest BCUT2D eigenvalue weighted by Gasteiger charge is -2.43. The van der Waals surface area contributed by atoms with E-state index in [2.05, 4.69) is 4.90 Å². The summed E-state index contributed by atoms with van der Waals surface area (Å²) in [6.07, 6.45) is 14.5. The molecule has 2 aliphatic carbocycles. The van der Waals surface area contributed by atoms with Gasteiger partial charge in [0.1, 0.15) is 0 Å². The van der Waals surface area contributed by atoms with Gasteiger partial charge >= 0.3 is 0 Å². The van der Waals surface area contributed by atoms with Crippen LogP contribution in [0.5, 0.6) is 0 Å². The number of nitrogens with zero attached hydrogens (tertiary/aromatic N) is 1. The summed E-state index contributed by atoms with van der Waals surface area (Å²) in [5.74, 6) is 0. The Morgan fingerprint density at radius 3 is 1.89 bits per heavy atom. The lowest BCUT2D eigenvalue weighted by molar-refractivity contribution is -0.0389. The topological polar surface area (TPSA) is 23.5 Å². The molecule has 1 saturated heterocycles. The van der Waals surface area contributed by atoms with Gasteiger partial charge in [0.25, 0.3) is 0 Å². The van der Waals surface area contributed by atoms with Crippen LogP contribution in [0.4, 0.5) is 0 Å². The van der Waals surface area contributed by atoms with Gasteiger partial charge in [-0.2, -0.15) is 0 Å². The highest BCUT2D eigenvalue weighted by atomic mass is 16.3. The third-order valence-corrected chi connectivity index (χ3v) is 5.88. The van der Waals surface area contributed by atoms with Gasteiger partial charge in [-0.15, -0.1) is 0 Å². The van der Waals surface area contributed by atoms with Crippen molar-refractivity contribution in [3.8, 4) is 0 Å². The monoisotopic (exact) mass is 251 g/mol. The number of hydrogen-bond acceptors (Lipinski definition) is 2. The van der Waals surface area contributed by atoms with E-state index in [1.807, 2.05) is 0 Å². The predicted molar refractivity (Wildman–Crippen MR) is 74.6 cm³/mol. The van der Waals surface area contributed by atoms with Gasteiger partial charge in [-0.25, -0.2) is 0 Å².